The molecule has 0 spiro atoms. The summed E-state index contributed by atoms with van der Waals surface area (Å²) in [7, 11) is 1.38. The standard InChI is InChI=1S/C33H39ClF3N3O3/c1-21(2)15-29(40-14-11-24(17-31(40)43)10-13-39(5)20-33(35,36)37)30(42)19-26(16-23(4)41)25-9-12-38-28(18-25)32-22(3)7-6-8-27(32)34/h6-9,11-12,14,17-18,21,26,29H,10,13,15-16,19-20H2,1-5H3/t26-,29+/m1/s1. The Hall–Kier alpha value is -3.30. The second-order valence-electron chi connectivity index (χ2n) is 11.7. The molecule has 0 saturated heterocycles. The van der Waals surface area contributed by atoms with Crippen molar-refractivity contribution in [2.75, 3.05) is 20.1 Å². The number of hydrogen-bond acceptors (Lipinski definition) is 5. The molecule has 2 atom stereocenters. The lowest BCUT2D eigenvalue weighted by atomic mass is 9.86. The van der Waals surface area contributed by atoms with Crippen molar-refractivity contribution in [3.63, 3.8) is 0 Å². The van der Waals surface area contributed by atoms with Gasteiger partial charge in [-0.1, -0.05) is 37.6 Å². The number of halogens is 4. The predicted octanol–water partition coefficient (Wildman–Crippen LogP) is 7.22. The van der Waals surface area contributed by atoms with E-state index < -0.39 is 30.2 Å². The van der Waals surface area contributed by atoms with E-state index in [9.17, 15) is 27.6 Å². The third-order valence-electron chi connectivity index (χ3n) is 7.36. The molecule has 2 aromatic heterocycles. The molecule has 3 rings (SSSR count). The number of aryl methyl sites for hydroxylation is 1. The summed E-state index contributed by atoms with van der Waals surface area (Å²) in [6.45, 7) is 6.44. The van der Waals surface area contributed by atoms with E-state index in [4.69, 9.17) is 11.6 Å². The molecule has 10 heteroatoms. The Kier molecular flexibility index (Phi) is 11.9. The minimum atomic E-state index is -4.30. The summed E-state index contributed by atoms with van der Waals surface area (Å²) in [6, 6.07) is 11.6. The van der Waals surface area contributed by atoms with Crippen LogP contribution in [0.1, 0.15) is 68.7 Å². The van der Waals surface area contributed by atoms with Crippen molar-refractivity contribution in [3.8, 4) is 11.3 Å². The van der Waals surface area contributed by atoms with E-state index in [1.165, 1.54) is 24.6 Å². The first-order chi connectivity index (χ1) is 20.1. The molecule has 2 heterocycles. The first-order valence-corrected chi connectivity index (χ1v) is 14.7. The van der Waals surface area contributed by atoms with E-state index in [0.717, 1.165) is 21.6 Å². The van der Waals surface area contributed by atoms with Gasteiger partial charge in [0.1, 0.15) is 5.78 Å². The largest absolute Gasteiger partial charge is 0.401 e. The SMILES string of the molecule is CC(=O)C[C@H](CC(=O)[C@H](CC(C)C)n1ccc(CCN(C)CC(F)(F)F)cc1=O)c1ccnc(-c2c(C)cccc2Cl)c1. The Morgan fingerprint density at radius 2 is 1.81 bits per heavy atom. The van der Waals surface area contributed by atoms with Crippen molar-refractivity contribution in [1.29, 1.82) is 0 Å². The van der Waals surface area contributed by atoms with E-state index >= 15 is 0 Å². The van der Waals surface area contributed by atoms with E-state index in [0.29, 0.717) is 22.7 Å². The van der Waals surface area contributed by atoms with Gasteiger partial charge in [-0.05, 0) is 86.5 Å². The molecule has 0 aliphatic rings. The van der Waals surface area contributed by atoms with Crippen molar-refractivity contribution in [2.45, 2.75) is 71.5 Å². The van der Waals surface area contributed by atoms with Gasteiger partial charge in [0.25, 0.3) is 5.56 Å². The fourth-order valence-electron chi connectivity index (χ4n) is 5.32. The van der Waals surface area contributed by atoms with E-state index in [1.807, 2.05) is 39.0 Å². The van der Waals surface area contributed by atoms with Crippen molar-refractivity contribution in [1.82, 2.24) is 14.5 Å². The van der Waals surface area contributed by atoms with Crippen molar-refractivity contribution < 1.29 is 22.8 Å². The first-order valence-electron chi connectivity index (χ1n) is 14.3. The maximum absolute atomic E-state index is 13.9. The summed E-state index contributed by atoms with van der Waals surface area (Å²) in [4.78, 5) is 45.0. The van der Waals surface area contributed by atoms with Crippen LogP contribution in [0.25, 0.3) is 11.3 Å². The average Bonchev–Trinajstić information content (AvgIpc) is 2.89. The highest BCUT2D eigenvalue weighted by atomic mass is 35.5. The number of carbonyl (C=O) groups is 2. The lowest BCUT2D eigenvalue weighted by molar-refractivity contribution is -0.142. The number of aromatic nitrogens is 2. The Labute approximate surface area is 255 Å². The number of benzene rings is 1. The van der Waals surface area contributed by atoms with Crippen LogP contribution < -0.4 is 5.56 Å². The van der Waals surface area contributed by atoms with Gasteiger partial charge in [-0.15, -0.1) is 0 Å². The van der Waals surface area contributed by atoms with Crippen LogP contribution in [0.2, 0.25) is 5.02 Å². The average molecular weight is 618 g/mol. The quantitative estimate of drug-likeness (QED) is 0.191. The first kappa shape index (κ1) is 34.2. The highest BCUT2D eigenvalue weighted by Crippen LogP contribution is 2.34. The molecular formula is C33H39ClF3N3O3. The second-order valence-corrected chi connectivity index (χ2v) is 12.1. The Balaban J connectivity index is 1.87. The zero-order chi connectivity index (χ0) is 31.9. The maximum atomic E-state index is 13.9. The molecule has 232 valence electrons. The van der Waals surface area contributed by atoms with Gasteiger partial charge in [0.2, 0.25) is 0 Å². The molecule has 0 saturated carbocycles. The molecule has 0 fully saturated rings. The van der Waals surface area contributed by atoms with Gasteiger partial charge in [0.05, 0.1) is 23.3 Å². The van der Waals surface area contributed by atoms with Gasteiger partial charge in [-0.25, -0.2) is 0 Å². The number of likely N-dealkylation sites (N-methyl/N-ethyl adjacent to an activating group) is 1. The molecule has 0 aliphatic carbocycles. The van der Waals surface area contributed by atoms with Crippen LogP contribution in [-0.2, 0) is 16.0 Å². The Bertz CT molecular complexity index is 1470. The summed E-state index contributed by atoms with van der Waals surface area (Å²) in [5.41, 5.74) is 3.36. The van der Waals surface area contributed by atoms with Gasteiger partial charge in [-0.3, -0.25) is 19.5 Å². The van der Waals surface area contributed by atoms with Crippen LogP contribution in [0.4, 0.5) is 13.2 Å². The van der Waals surface area contributed by atoms with Gasteiger partial charge in [-0.2, -0.15) is 13.2 Å². The van der Waals surface area contributed by atoms with E-state index in [1.54, 1.807) is 30.6 Å². The Morgan fingerprint density at radius 3 is 2.42 bits per heavy atom. The molecule has 0 radical (unpaired) electrons. The lowest BCUT2D eigenvalue weighted by Crippen LogP contribution is -2.33. The summed E-state index contributed by atoms with van der Waals surface area (Å²) in [5.74, 6) is -0.573. The number of rotatable bonds is 14. The molecular weight excluding hydrogens is 579 g/mol. The zero-order valence-electron chi connectivity index (χ0n) is 25.2. The van der Waals surface area contributed by atoms with Gasteiger partial charge >= 0.3 is 6.18 Å². The van der Waals surface area contributed by atoms with Gasteiger partial charge in [0.15, 0.2) is 5.78 Å². The number of Topliss-reactive ketones (excluding diaryl/α,β-unsaturated/α-hetero) is 2. The molecule has 0 N–H and O–H groups in total. The second kappa shape index (κ2) is 14.9. The number of alkyl halides is 3. The van der Waals surface area contributed by atoms with Gasteiger partial charge in [0, 0.05) is 43.4 Å². The smallest absolute Gasteiger partial charge is 0.305 e. The number of carbonyl (C=O) groups excluding carboxylic acids is 2. The van der Waals surface area contributed by atoms with Crippen LogP contribution in [-0.4, -0.2) is 52.3 Å². The molecule has 3 aromatic rings. The van der Waals surface area contributed by atoms with Crippen molar-refractivity contribution in [2.24, 2.45) is 5.92 Å². The van der Waals surface area contributed by atoms with Crippen LogP contribution in [0.15, 0.2) is 59.7 Å². The zero-order valence-corrected chi connectivity index (χ0v) is 26.0. The molecule has 1 aromatic carbocycles. The topological polar surface area (TPSA) is 72.3 Å². The predicted molar refractivity (Wildman–Crippen MR) is 164 cm³/mol. The van der Waals surface area contributed by atoms with Crippen LogP contribution in [0.5, 0.6) is 0 Å². The van der Waals surface area contributed by atoms with E-state index in [2.05, 4.69) is 4.98 Å². The molecule has 0 bridgehead atoms. The fourth-order valence-corrected chi connectivity index (χ4v) is 5.64. The highest BCUT2D eigenvalue weighted by Gasteiger charge is 2.29. The highest BCUT2D eigenvalue weighted by molar-refractivity contribution is 6.33. The van der Waals surface area contributed by atoms with Crippen LogP contribution >= 0.6 is 11.6 Å². The molecule has 0 unspecified atom stereocenters. The summed E-state index contributed by atoms with van der Waals surface area (Å²) in [6.07, 6.45) is -0.235. The summed E-state index contributed by atoms with van der Waals surface area (Å²) in [5, 5.41) is 0.552. The van der Waals surface area contributed by atoms with Crippen molar-refractivity contribution in [3.05, 3.63) is 86.9 Å². The minimum Gasteiger partial charge on any atom is -0.305 e. The van der Waals surface area contributed by atoms with Gasteiger partial charge < -0.3 is 9.36 Å². The third-order valence-corrected chi connectivity index (χ3v) is 7.68. The maximum Gasteiger partial charge on any atom is 0.401 e. The number of pyridine rings is 2. The van der Waals surface area contributed by atoms with Crippen LogP contribution in [0, 0.1) is 12.8 Å². The summed E-state index contributed by atoms with van der Waals surface area (Å²) < 4.78 is 39.4. The number of ketones is 2. The number of hydrogen-bond donors (Lipinski definition) is 0. The monoisotopic (exact) mass is 617 g/mol. The third kappa shape index (κ3) is 10.1. The molecule has 43 heavy (non-hydrogen) atoms. The normalized spacial score (nSPS) is 13.4. The lowest BCUT2D eigenvalue weighted by Gasteiger charge is -2.24. The molecule has 0 amide bonds. The Morgan fingerprint density at radius 1 is 1.09 bits per heavy atom. The molecule has 6 nitrogen and oxygen atoms in total. The van der Waals surface area contributed by atoms with Crippen LogP contribution in [0.3, 0.4) is 0 Å². The minimum absolute atomic E-state index is 0.0400. The van der Waals surface area contributed by atoms with E-state index in [-0.39, 0.29) is 43.3 Å². The fraction of sp³-hybridized carbons (Fsp3) is 0.455. The molecule has 0 aliphatic heterocycles. The summed E-state index contributed by atoms with van der Waals surface area (Å²) >= 11 is 6.48. The van der Waals surface area contributed by atoms with Crippen molar-refractivity contribution >= 4 is 23.2 Å². The number of nitrogens with zero attached hydrogens (tertiary/aromatic N) is 3.